The number of aromatic nitrogens is 1. The van der Waals surface area contributed by atoms with E-state index in [-0.39, 0.29) is 12.5 Å². The number of primary amides is 1. The molecule has 3 rings (SSSR count). The van der Waals surface area contributed by atoms with E-state index >= 15 is 0 Å². The largest absolute Gasteiger partial charge is 0.366 e. The summed E-state index contributed by atoms with van der Waals surface area (Å²) in [5.74, 6) is -0.773. The molecule has 0 aliphatic rings. The SMILES string of the molecule is CCc1ccc2c(ccn2CC(=O)Nc2ccccc2C(N)=O)c1. The maximum Gasteiger partial charge on any atom is 0.250 e. The second-order valence-electron chi connectivity index (χ2n) is 5.65. The maximum atomic E-state index is 12.3. The average Bonchev–Trinajstić information content (AvgIpc) is 2.97. The van der Waals surface area contributed by atoms with Gasteiger partial charge >= 0.3 is 0 Å². The van der Waals surface area contributed by atoms with E-state index in [1.54, 1.807) is 24.3 Å². The number of anilines is 1. The van der Waals surface area contributed by atoms with E-state index in [1.807, 2.05) is 22.9 Å². The number of fused-ring (bicyclic) bond motifs is 1. The molecule has 0 saturated heterocycles. The fraction of sp³-hybridized carbons (Fsp3) is 0.158. The second-order valence-corrected chi connectivity index (χ2v) is 5.65. The molecular formula is C19H19N3O2. The molecule has 0 fully saturated rings. The molecule has 0 unspecified atom stereocenters. The van der Waals surface area contributed by atoms with Gasteiger partial charge in [-0.3, -0.25) is 9.59 Å². The van der Waals surface area contributed by atoms with Crippen molar-refractivity contribution >= 4 is 28.4 Å². The highest BCUT2D eigenvalue weighted by Crippen LogP contribution is 2.19. The van der Waals surface area contributed by atoms with Gasteiger partial charge in [0.05, 0.1) is 11.3 Å². The summed E-state index contributed by atoms with van der Waals surface area (Å²) in [5, 5.41) is 3.87. The van der Waals surface area contributed by atoms with Crippen molar-refractivity contribution in [1.82, 2.24) is 4.57 Å². The second kappa shape index (κ2) is 6.58. The van der Waals surface area contributed by atoms with E-state index < -0.39 is 5.91 Å². The van der Waals surface area contributed by atoms with E-state index in [0.29, 0.717) is 11.3 Å². The van der Waals surface area contributed by atoms with Gasteiger partial charge in [0.15, 0.2) is 0 Å². The number of carbonyl (C=O) groups is 2. The van der Waals surface area contributed by atoms with E-state index in [2.05, 4.69) is 24.4 Å². The lowest BCUT2D eigenvalue weighted by atomic mass is 10.1. The van der Waals surface area contributed by atoms with E-state index in [4.69, 9.17) is 5.73 Å². The first-order valence-corrected chi connectivity index (χ1v) is 7.85. The smallest absolute Gasteiger partial charge is 0.250 e. The van der Waals surface area contributed by atoms with Crippen LogP contribution in [0.4, 0.5) is 5.69 Å². The summed E-state index contributed by atoms with van der Waals surface area (Å²) in [6.07, 6.45) is 2.87. The highest BCUT2D eigenvalue weighted by Gasteiger charge is 2.11. The number of hydrogen-bond donors (Lipinski definition) is 2. The number of aryl methyl sites for hydroxylation is 1. The van der Waals surface area contributed by atoms with Crippen LogP contribution in [0.3, 0.4) is 0 Å². The number of hydrogen-bond acceptors (Lipinski definition) is 2. The van der Waals surface area contributed by atoms with E-state index in [9.17, 15) is 9.59 Å². The summed E-state index contributed by atoms with van der Waals surface area (Å²) in [4.78, 5) is 23.8. The number of carbonyl (C=O) groups excluding carboxylic acids is 2. The van der Waals surface area contributed by atoms with Crippen LogP contribution in [0.25, 0.3) is 10.9 Å². The Morgan fingerprint density at radius 2 is 1.92 bits per heavy atom. The molecule has 0 atom stereocenters. The van der Waals surface area contributed by atoms with Crippen molar-refractivity contribution in [2.24, 2.45) is 5.73 Å². The van der Waals surface area contributed by atoms with Gasteiger partial charge in [-0.25, -0.2) is 0 Å². The van der Waals surface area contributed by atoms with E-state index in [0.717, 1.165) is 17.3 Å². The third-order valence-electron chi connectivity index (χ3n) is 4.02. The molecule has 1 heterocycles. The Bertz CT molecular complexity index is 912. The molecule has 0 spiro atoms. The van der Waals surface area contributed by atoms with Gasteiger partial charge in [0.25, 0.3) is 5.91 Å². The number of rotatable bonds is 5. The molecule has 3 aromatic rings. The molecule has 24 heavy (non-hydrogen) atoms. The average molecular weight is 321 g/mol. The topological polar surface area (TPSA) is 77.1 Å². The Hall–Kier alpha value is -3.08. The number of amides is 2. The van der Waals surface area contributed by atoms with Crippen LogP contribution in [0.5, 0.6) is 0 Å². The van der Waals surface area contributed by atoms with Crippen molar-refractivity contribution in [3.8, 4) is 0 Å². The van der Waals surface area contributed by atoms with Crippen LogP contribution < -0.4 is 11.1 Å². The molecule has 0 radical (unpaired) electrons. The van der Waals surface area contributed by atoms with Crippen molar-refractivity contribution in [3.05, 3.63) is 65.9 Å². The molecule has 0 aliphatic carbocycles. The highest BCUT2D eigenvalue weighted by atomic mass is 16.2. The monoisotopic (exact) mass is 321 g/mol. The number of nitrogens with two attached hydrogens (primary N) is 1. The fourth-order valence-corrected chi connectivity index (χ4v) is 2.76. The maximum absolute atomic E-state index is 12.3. The van der Waals surface area contributed by atoms with Gasteiger partial charge in [0.2, 0.25) is 5.91 Å². The Labute approximate surface area is 140 Å². The van der Waals surface area contributed by atoms with Crippen molar-refractivity contribution in [2.45, 2.75) is 19.9 Å². The van der Waals surface area contributed by atoms with Gasteiger partial charge in [-0.2, -0.15) is 0 Å². The lowest BCUT2D eigenvalue weighted by Gasteiger charge is -2.10. The van der Waals surface area contributed by atoms with Gasteiger partial charge in [-0.15, -0.1) is 0 Å². The number of para-hydroxylation sites is 1. The molecular weight excluding hydrogens is 302 g/mol. The summed E-state index contributed by atoms with van der Waals surface area (Å²) >= 11 is 0. The van der Waals surface area contributed by atoms with E-state index in [1.165, 1.54) is 5.56 Å². The summed E-state index contributed by atoms with van der Waals surface area (Å²) < 4.78 is 1.89. The predicted molar refractivity (Wildman–Crippen MR) is 94.9 cm³/mol. The Balaban J connectivity index is 1.80. The molecule has 2 aromatic carbocycles. The van der Waals surface area contributed by atoms with Crippen LogP contribution >= 0.6 is 0 Å². The van der Waals surface area contributed by atoms with Gasteiger partial charge in [0, 0.05) is 11.7 Å². The van der Waals surface area contributed by atoms with Crippen LogP contribution in [-0.4, -0.2) is 16.4 Å². The van der Waals surface area contributed by atoms with Crippen molar-refractivity contribution in [1.29, 1.82) is 0 Å². The molecule has 1 aromatic heterocycles. The zero-order valence-corrected chi connectivity index (χ0v) is 13.5. The molecule has 3 N–H and O–H groups in total. The molecule has 0 aliphatic heterocycles. The van der Waals surface area contributed by atoms with Crippen LogP contribution in [0.1, 0.15) is 22.8 Å². The van der Waals surface area contributed by atoms with Crippen LogP contribution in [0.15, 0.2) is 54.7 Å². The van der Waals surface area contributed by atoms with Crippen LogP contribution in [-0.2, 0) is 17.8 Å². The summed E-state index contributed by atoms with van der Waals surface area (Å²) in [7, 11) is 0. The van der Waals surface area contributed by atoms with Crippen molar-refractivity contribution < 1.29 is 9.59 Å². The number of nitrogens with one attached hydrogen (secondary N) is 1. The third kappa shape index (κ3) is 3.15. The lowest BCUT2D eigenvalue weighted by molar-refractivity contribution is -0.116. The third-order valence-corrected chi connectivity index (χ3v) is 4.02. The molecule has 5 heteroatoms. The van der Waals surface area contributed by atoms with Crippen LogP contribution in [0, 0.1) is 0 Å². The minimum absolute atomic E-state index is 0.169. The normalized spacial score (nSPS) is 10.7. The minimum atomic E-state index is -0.565. The van der Waals surface area contributed by atoms with Gasteiger partial charge in [-0.05, 0) is 47.7 Å². The lowest BCUT2D eigenvalue weighted by Crippen LogP contribution is -2.21. The molecule has 5 nitrogen and oxygen atoms in total. The predicted octanol–water partition coefficient (Wildman–Crippen LogP) is 2.94. The Morgan fingerprint density at radius 1 is 1.12 bits per heavy atom. The first-order chi connectivity index (χ1) is 11.6. The fourth-order valence-electron chi connectivity index (χ4n) is 2.76. The standard InChI is InChI=1S/C19H19N3O2/c1-2-13-7-8-17-14(11-13)9-10-22(17)12-18(23)21-16-6-4-3-5-15(16)19(20)24/h3-11H,2,12H2,1H3,(H2,20,24)(H,21,23). The van der Waals surface area contributed by atoms with Crippen molar-refractivity contribution in [2.75, 3.05) is 5.32 Å². The summed E-state index contributed by atoms with van der Waals surface area (Å²) in [5.41, 5.74) is 8.33. The summed E-state index contributed by atoms with van der Waals surface area (Å²) in [6.45, 7) is 2.28. The summed E-state index contributed by atoms with van der Waals surface area (Å²) in [6, 6.07) is 14.9. The van der Waals surface area contributed by atoms with Gasteiger partial charge in [-0.1, -0.05) is 25.1 Å². The zero-order chi connectivity index (χ0) is 17.1. The Morgan fingerprint density at radius 3 is 2.67 bits per heavy atom. The molecule has 122 valence electrons. The molecule has 0 saturated carbocycles. The molecule has 0 bridgehead atoms. The minimum Gasteiger partial charge on any atom is -0.366 e. The quantitative estimate of drug-likeness (QED) is 0.758. The Kier molecular flexibility index (Phi) is 4.33. The zero-order valence-electron chi connectivity index (χ0n) is 13.5. The molecule has 2 amide bonds. The van der Waals surface area contributed by atoms with Crippen LogP contribution in [0.2, 0.25) is 0 Å². The van der Waals surface area contributed by atoms with Gasteiger partial charge < -0.3 is 15.6 Å². The van der Waals surface area contributed by atoms with Crippen molar-refractivity contribution in [3.63, 3.8) is 0 Å². The number of benzene rings is 2. The number of nitrogens with zero attached hydrogens (tertiary/aromatic N) is 1. The first-order valence-electron chi connectivity index (χ1n) is 7.85. The highest BCUT2D eigenvalue weighted by molar-refractivity contribution is 6.03. The first kappa shape index (κ1) is 15.8. The van der Waals surface area contributed by atoms with Gasteiger partial charge in [0.1, 0.15) is 6.54 Å².